The van der Waals surface area contributed by atoms with Crippen molar-refractivity contribution in [3.8, 4) is 0 Å². The Morgan fingerprint density at radius 3 is 2.22 bits per heavy atom. The largest absolute Gasteiger partial charge is 0.480 e. The Hall–Kier alpha value is -1.79. The van der Waals surface area contributed by atoms with E-state index in [2.05, 4.69) is 5.32 Å². The fourth-order valence-electron chi connectivity index (χ4n) is 1.45. The van der Waals surface area contributed by atoms with Gasteiger partial charge < -0.3 is 21.1 Å². The number of likely N-dealkylation sites (N-methyl/N-ethyl adjacent to an activating group) is 1. The summed E-state index contributed by atoms with van der Waals surface area (Å²) in [5.41, 5.74) is 5.00. The van der Waals surface area contributed by atoms with Crippen LogP contribution in [-0.4, -0.2) is 47.0 Å². The second kappa shape index (κ2) is 7.52. The molecule has 0 bridgehead atoms. The lowest BCUT2D eigenvalue weighted by Gasteiger charge is -2.23. The van der Waals surface area contributed by atoms with Gasteiger partial charge in [-0.1, -0.05) is 13.8 Å². The molecule has 18 heavy (non-hydrogen) atoms. The summed E-state index contributed by atoms with van der Waals surface area (Å²) in [6.45, 7) is 5.46. The Balaban J connectivity index is 4.56. The lowest BCUT2D eigenvalue weighted by molar-refractivity contribution is -0.139. The average molecular weight is 259 g/mol. The molecule has 0 aromatic rings. The molecule has 3 amide bonds. The number of hydrogen-bond acceptors (Lipinski definition) is 3. The average Bonchev–Trinajstić information content (AvgIpc) is 2.23. The van der Waals surface area contributed by atoms with Gasteiger partial charge in [0.2, 0.25) is 5.91 Å². The van der Waals surface area contributed by atoms with Crippen LogP contribution >= 0.6 is 0 Å². The van der Waals surface area contributed by atoms with Gasteiger partial charge in [0, 0.05) is 6.54 Å². The minimum Gasteiger partial charge on any atom is -0.480 e. The van der Waals surface area contributed by atoms with Crippen LogP contribution in [0.5, 0.6) is 0 Å². The van der Waals surface area contributed by atoms with E-state index >= 15 is 0 Å². The van der Waals surface area contributed by atoms with Crippen molar-refractivity contribution in [2.45, 2.75) is 33.2 Å². The third-order valence-corrected chi connectivity index (χ3v) is 2.32. The maximum Gasteiger partial charge on any atom is 0.326 e. The van der Waals surface area contributed by atoms with Gasteiger partial charge >= 0.3 is 12.0 Å². The molecule has 0 radical (unpaired) electrons. The minimum atomic E-state index is -1.09. The Morgan fingerprint density at radius 2 is 1.89 bits per heavy atom. The van der Waals surface area contributed by atoms with Gasteiger partial charge in [-0.15, -0.1) is 0 Å². The molecule has 1 atom stereocenters. The van der Waals surface area contributed by atoms with Crippen LogP contribution in [0.3, 0.4) is 0 Å². The summed E-state index contributed by atoms with van der Waals surface area (Å²) in [6, 6.07) is -1.55. The van der Waals surface area contributed by atoms with Crippen LogP contribution in [0.1, 0.15) is 27.2 Å². The molecule has 7 nitrogen and oxygen atoms in total. The molecular formula is C11H21N3O4. The zero-order chi connectivity index (χ0) is 14.3. The molecule has 0 aliphatic heterocycles. The van der Waals surface area contributed by atoms with E-state index in [0.29, 0.717) is 6.42 Å². The number of urea groups is 1. The van der Waals surface area contributed by atoms with Crippen molar-refractivity contribution in [3.63, 3.8) is 0 Å². The molecule has 0 saturated carbocycles. The molecule has 0 saturated heterocycles. The number of carbonyl (C=O) groups is 3. The number of carboxylic acids is 1. The minimum absolute atomic E-state index is 0.137. The normalized spacial score (nSPS) is 12.0. The fraction of sp³-hybridized carbons (Fsp3) is 0.727. The van der Waals surface area contributed by atoms with Crippen molar-refractivity contribution in [2.24, 2.45) is 11.7 Å². The Morgan fingerprint density at radius 1 is 1.33 bits per heavy atom. The molecule has 0 aliphatic carbocycles. The molecule has 0 aromatic carbocycles. The maximum absolute atomic E-state index is 11.7. The van der Waals surface area contributed by atoms with Crippen LogP contribution in [0.2, 0.25) is 0 Å². The van der Waals surface area contributed by atoms with E-state index in [1.165, 1.54) is 4.90 Å². The van der Waals surface area contributed by atoms with E-state index in [1.54, 1.807) is 6.92 Å². The number of aliphatic carboxylic acids is 1. The first kappa shape index (κ1) is 16.2. The van der Waals surface area contributed by atoms with Crippen molar-refractivity contribution in [1.82, 2.24) is 10.2 Å². The number of carboxylic acid groups (broad SMARTS) is 1. The molecule has 104 valence electrons. The van der Waals surface area contributed by atoms with Crippen LogP contribution in [0, 0.1) is 5.92 Å². The van der Waals surface area contributed by atoms with Gasteiger partial charge in [-0.3, -0.25) is 4.79 Å². The standard InChI is InChI=1S/C11H21N3O4/c1-4-14(6-9(12)15)11(18)13-8(10(16)17)5-7(2)3/h7-8H,4-6H2,1-3H3,(H2,12,15)(H,13,18)(H,16,17)/t8-/m1/s1. The highest BCUT2D eigenvalue weighted by atomic mass is 16.4. The van der Waals surface area contributed by atoms with Gasteiger partial charge in [-0.2, -0.15) is 0 Å². The second-order valence-corrected chi connectivity index (χ2v) is 4.45. The van der Waals surface area contributed by atoms with Crippen molar-refractivity contribution >= 4 is 17.9 Å². The van der Waals surface area contributed by atoms with Gasteiger partial charge in [0.25, 0.3) is 0 Å². The monoisotopic (exact) mass is 259 g/mol. The Kier molecular flexibility index (Phi) is 6.77. The summed E-state index contributed by atoms with van der Waals surface area (Å²) in [6.07, 6.45) is 0.329. The van der Waals surface area contributed by atoms with Crippen molar-refractivity contribution in [3.05, 3.63) is 0 Å². The zero-order valence-electron chi connectivity index (χ0n) is 11.0. The van der Waals surface area contributed by atoms with E-state index < -0.39 is 23.9 Å². The molecule has 0 aromatic heterocycles. The van der Waals surface area contributed by atoms with E-state index in [4.69, 9.17) is 10.8 Å². The van der Waals surface area contributed by atoms with Gasteiger partial charge in [0.1, 0.15) is 12.6 Å². The first-order valence-electron chi connectivity index (χ1n) is 5.84. The third kappa shape index (κ3) is 6.07. The number of nitrogens with one attached hydrogen (secondary N) is 1. The number of rotatable bonds is 7. The number of amides is 3. The second-order valence-electron chi connectivity index (χ2n) is 4.45. The van der Waals surface area contributed by atoms with Crippen LogP contribution in [0.25, 0.3) is 0 Å². The molecule has 0 unspecified atom stereocenters. The van der Waals surface area contributed by atoms with Crippen LogP contribution in [0.15, 0.2) is 0 Å². The summed E-state index contributed by atoms with van der Waals surface area (Å²) >= 11 is 0. The predicted molar refractivity (Wildman–Crippen MR) is 65.9 cm³/mol. The highest BCUT2D eigenvalue weighted by Crippen LogP contribution is 2.05. The first-order chi connectivity index (χ1) is 8.27. The van der Waals surface area contributed by atoms with Gasteiger partial charge in [0.15, 0.2) is 0 Å². The number of primary amides is 1. The van der Waals surface area contributed by atoms with Crippen LogP contribution < -0.4 is 11.1 Å². The summed E-state index contributed by atoms with van der Waals surface area (Å²) in [7, 11) is 0. The topological polar surface area (TPSA) is 113 Å². The number of carbonyl (C=O) groups excluding carboxylic acids is 2. The first-order valence-corrected chi connectivity index (χ1v) is 5.84. The Bertz CT molecular complexity index is 317. The highest BCUT2D eigenvalue weighted by molar-refractivity contribution is 5.86. The Labute approximate surface area is 106 Å². The van der Waals surface area contributed by atoms with Crippen molar-refractivity contribution in [2.75, 3.05) is 13.1 Å². The van der Waals surface area contributed by atoms with Gasteiger partial charge in [-0.25, -0.2) is 9.59 Å². The van der Waals surface area contributed by atoms with E-state index in [1.807, 2.05) is 13.8 Å². The highest BCUT2D eigenvalue weighted by Gasteiger charge is 2.23. The van der Waals surface area contributed by atoms with E-state index in [0.717, 1.165) is 0 Å². The van der Waals surface area contributed by atoms with Crippen LogP contribution in [-0.2, 0) is 9.59 Å². The number of nitrogens with zero attached hydrogens (tertiary/aromatic N) is 1. The van der Waals surface area contributed by atoms with Crippen LogP contribution in [0.4, 0.5) is 4.79 Å². The molecule has 0 spiro atoms. The lowest BCUT2D eigenvalue weighted by atomic mass is 10.0. The molecule has 0 heterocycles. The van der Waals surface area contributed by atoms with Crippen molar-refractivity contribution in [1.29, 1.82) is 0 Å². The quantitative estimate of drug-likeness (QED) is 0.597. The van der Waals surface area contributed by atoms with E-state index in [9.17, 15) is 14.4 Å². The molecule has 0 rings (SSSR count). The third-order valence-electron chi connectivity index (χ3n) is 2.32. The van der Waals surface area contributed by atoms with Gasteiger partial charge in [0.05, 0.1) is 0 Å². The lowest BCUT2D eigenvalue weighted by Crippen LogP contribution is -2.50. The molecule has 0 aliphatic rings. The van der Waals surface area contributed by atoms with Crippen molar-refractivity contribution < 1.29 is 19.5 Å². The summed E-state index contributed by atoms with van der Waals surface area (Å²) in [5.74, 6) is -1.59. The van der Waals surface area contributed by atoms with Gasteiger partial charge in [-0.05, 0) is 19.3 Å². The number of nitrogens with two attached hydrogens (primary N) is 1. The summed E-state index contributed by atoms with van der Waals surface area (Å²) in [5, 5.41) is 11.4. The fourth-order valence-corrected chi connectivity index (χ4v) is 1.45. The zero-order valence-corrected chi connectivity index (χ0v) is 11.0. The molecule has 7 heteroatoms. The summed E-state index contributed by atoms with van der Waals surface area (Å²) in [4.78, 5) is 34.6. The molecular weight excluding hydrogens is 238 g/mol. The molecule has 4 N–H and O–H groups in total. The van der Waals surface area contributed by atoms with E-state index in [-0.39, 0.29) is 19.0 Å². The maximum atomic E-state index is 11.7. The summed E-state index contributed by atoms with van der Waals surface area (Å²) < 4.78 is 0. The number of hydrogen-bond donors (Lipinski definition) is 3. The SMILES string of the molecule is CCN(CC(N)=O)C(=O)N[C@H](CC(C)C)C(=O)O. The molecule has 0 fully saturated rings. The smallest absolute Gasteiger partial charge is 0.326 e. The predicted octanol–water partition coefficient (Wildman–Crippen LogP) is 0.00250.